The van der Waals surface area contributed by atoms with Crippen LogP contribution in [-0.4, -0.2) is 33.4 Å². The molecule has 0 bridgehead atoms. The van der Waals surface area contributed by atoms with E-state index >= 15 is 0 Å². The van der Waals surface area contributed by atoms with E-state index in [1.54, 1.807) is 6.92 Å². The van der Waals surface area contributed by atoms with E-state index in [1.807, 2.05) is 0 Å². The Morgan fingerprint density at radius 2 is 1.93 bits per heavy atom. The SMILES string of the molecule is C=C(C)C(=O)OCCS(=O)(=O)OCCC. The van der Waals surface area contributed by atoms with Crippen molar-refractivity contribution >= 4 is 16.1 Å². The van der Waals surface area contributed by atoms with Gasteiger partial charge in [-0.05, 0) is 13.3 Å². The van der Waals surface area contributed by atoms with Crippen LogP contribution in [0.25, 0.3) is 0 Å². The van der Waals surface area contributed by atoms with Crippen LogP contribution >= 0.6 is 0 Å². The minimum absolute atomic E-state index is 0.150. The summed E-state index contributed by atoms with van der Waals surface area (Å²) in [5, 5.41) is 0. The van der Waals surface area contributed by atoms with Gasteiger partial charge in [0.15, 0.2) is 0 Å². The molecule has 0 heterocycles. The van der Waals surface area contributed by atoms with Crippen molar-refractivity contribution in [1.29, 1.82) is 0 Å². The third-order valence-corrected chi connectivity index (χ3v) is 2.57. The molecule has 0 aromatic carbocycles. The number of ether oxygens (including phenoxy) is 1. The van der Waals surface area contributed by atoms with Crippen LogP contribution in [0.2, 0.25) is 0 Å². The third kappa shape index (κ3) is 7.10. The molecule has 0 saturated carbocycles. The van der Waals surface area contributed by atoms with Crippen LogP contribution in [0, 0.1) is 0 Å². The van der Waals surface area contributed by atoms with Gasteiger partial charge in [-0.3, -0.25) is 4.18 Å². The number of hydrogen-bond acceptors (Lipinski definition) is 5. The second kappa shape index (κ2) is 6.58. The highest BCUT2D eigenvalue weighted by molar-refractivity contribution is 7.86. The van der Waals surface area contributed by atoms with Gasteiger partial charge >= 0.3 is 5.97 Å². The van der Waals surface area contributed by atoms with Crippen molar-refractivity contribution in [1.82, 2.24) is 0 Å². The molecule has 0 rings (SSSR count). The first-order valence-corrected chi connectivity index (χ1v) is 6.16. The Hall–Kier alpha value is -0.880. The van der Waals surface area contributed by atoms with E-state index in [0.717, 1.165) is 0 Å². The normalized spacial score (nSPS) is 11.1. The second-order valence-corrected chi connectivity index (χ2v) is 4.76. The first-order valence-electron chi connectivity index (χ1n) is 4.58. The summed E-state index contributed by atoms with van der Waals surface area (Å²) in [6, 6.07) is 0. The highest BCUT2D eigenvalue weighted by Gasteiger charge is 2.12. The van der Waals surface area contributed by atoms with Crippen molar-refractivity contribution in [2.75, 3.05) is 19.0 Å². The number of hydrogen-bond donors (Lipinski definition) is 0. The molecular formula is C9H16O5S. The molecule has 6 heteroatoms. The van der Waals surface area contributed by atoms with Crippen LogP contribution in [0.3, 0.4) is 0 Å². The second-order valence-electron chi connectivity index (χ2n) is 3.00. The van der Waals surface area contributed by atoms with Crippen molar-refractivity contribution in [2.45, 2.75) is 20.3 Å². The molecule has 0 aliphatic carbocycles. The van der Waals surface area contributed by atoms with Gasteiger partial charge in [0.1, 0.15) is 12.4 Å². The van der Waals surface area contributed by atoms with Gasteiger partial charge in [-0.2, -0.15) is 8.42 Å². The van der Waals surface area contributed by atoms with E-state index < -0.39 is 16.1 Å². The minimum atomic E-state index is -3.57. The summed E-state index contributed by atoms with van der Waals surface area (Å²) < 4.78 is 31.4. The Balaban J connectivity index is 3.85. The van der Waals surface area contributed by atoms with Gasteiger partial charge in [0.25, 0.3) is 10.1 Å². The molecule has 0 spiro atoms. The van der Waals surface area contributed by atoms with Gasteiger partial charge in [-0.15, -0.1) is 0 Å². The molecule has 0 radical (unpaired) electrons. The van der Waals surface area contributed by atoms with E-state index in [-0.39, 0.29) is 24.5 Å². The molecule has 0 amide bonds. The molecule has 0 saturated heterocycles. The molecule has 15 heavy (non-hydrogen) atoms. The maximum atomic E-state index is 11.1. The summed E-state index contributed by atoms with van der Waals surface area (Å²) >= 11 is 0. The van der Waals surface area contributed by atoms with Crippen molar-refractivity contribution in [3.05, 3.63) is 12.2 Å². The largest absolute Gasteiger partial charge is 0.461 e. The summed E-state index contributed by atoms with van der Waals surface area (Å²) in [6.07, 6.45) is 0.616. The quantitative estimate of drug-likeness (QED) is 0.372. The van der Waals surface area contributed by atoms with Gasteiger partial charge in [-0.25, -0.2) is 4.79 Å². The topological polar surface area (TPSA) is 69.7 Å². The average Bonchev–Trinajstić information content (AvgIpc) is 2.14. The van der Waals surface area contributed by atoms with Gasteiger partial charge in [-0.1, -0.05) is 13.5 Å². The molecule has 5 nitrogen and oxygen atoms in total. The summed E-state index contributed by atoms with van der Waals surface area (Å²) in [5.41, 5.74) is 0.238. The fourth-order valence-corrected chi connectivity index (χ4v) is 1.45. The lowest BCUT2D eigenvalue weighted by atomic mass is 10.4. The van der Waals surface area contributed by atoms with Gasteiger partial charge in [0.05, 0.1) is 6.61 Å². The van der Waals surface area contributed by atoms with Gasteiger partial charge in [0.2, 0.25) is 0 Å². The zero-order chi connectivity index (χ0) is 11.9. The van der Waals surface area contributed by atoms with Gasteiger partial charge in [0, 0.05) is 5.57 Å². The Morgan fingerprint density at radius 1 is 1.33 bits per heavy atom. The molecule has 0 fully saturated rings. The van der Waals surface area contributed by atoms with Crippen LogP contribution in [0.15, 0.2) is 12.2 Å². The number of rotatable bonds is 7. The number of carbonyl (C=O) groups is 1. The summed E-state index contributed by atoms with van der Waals surface area (Å²) in [6.45, 7) is 6.60. The van der Waals surface area contributed by atoms with E-state index in [0.29, 0.717) is 6.42 Å². The van der Waals surface area contributed by atoms with Crippen LogP contribution in [-0.2, 0) is 23.8 Å². The predicted molar refractivity (Wildman–Crippen MR) is 55.8 cm³/mol. The first-order chi connectivity index (χ1) is 6.89. The first kappa shape index (κ1) is 14.1. The molecule has 0 N–H and O–H groups in total. The standard InChI is InChI=1S/C9H16O5S/c1-4-5-14-15(11,12)7-6-13-9(10)8(2)3/h2,4-7H2,1,3H3. The summed E-state index contributed by atoms with van der Waals surface area (Å²) in [7, 11) is -3.57. The maximum Gasteiger partial charge on any atom is 0.333 e. The zero-order valence-corrected chi connectivity index (χ0v) is 9.80. The predicted octanol–water partition coefficient (Wildman–Crippen LogP) is 0.862. The average molecular weight is 236 g/mol. The smallest absolute Gasteiger partial charge is 0.333 e. The van der Waals surface area contributed by atoms with Crippen LogP contribution in [0.5, 0.6) is 0 Å². The van der Waals surface area contributed by atoms with Crippen molar-refractivity contribution in [2.24, 2.45) is 0 Å². The molecule has 0 atom stereocenters. The Labute approximate surface area is 90.2 Å². The molecule has 0 aliphatic rings. The monoisotopic (exact) mass is 236 g/mol. The molecule has 0 aliphatic heterocycles. The molecular weight excluding hydrogens is 220 g/mol. The minimum Gasteiger partial charge on any atom is -0.461 e. The van der Waals surface area contributed by atoms with Crippen LogP contribution < -0.4 is 0 Å². The fraction of sp³-hybridized carbons (Fsp3) is 0.667. The van der Waals surface area contributed by atoms with E-state index in [2.05, 4.69) is 15.5 Å². The van der Waals surface area contributed by atoms with Crippen molar-refractivity contribution < 1.29 is 22.1 Å². The highest BCUT2D eigenvalue weighted by Crippen LogP contribution is 1.97. The van der Waals surface area contributed by atoms with E-state index in [9.17, 15) is 13.2 Å². The van der Waals surface area contributed by atoms with E-state index in [4.69, 9.17) is 0 Å². The zero-order valence-electron chi connectivity index (χ0n) is 8.99. The summed E-state index contributed by atoms with van der Waals surface area (Å²) in [5.74, 6) is -0.924. The Bertz CT molecular complexity index is 317. The lowest BCUT2D eigenvalue weighted by Gasteiger charge is -2.05. The number of carbonyl (C=O) groups excluding carboxylic acids is 1. The maximum absolute atomic E-state index is 11.1. The summed E-state index contributed by atoms with van der Waals surface area (Å²) in [4.78, 5) is 10.9. The Morgan fingerprint density at radius 3 is 2.40 bits per heavy atom. The molecule has 0 unspecified atom stereocenters. The number of esters is 1. The molecule has 0 aromatic rings. The highest BCUT2D eigenvalue weighted by atomic mass is 32.2. The third-order valence-electron chi connectivity index (χ3n) is 1.38. The molecule has 88 valence electrons. The van der Waals surface area contributed by atoms with Crippen molar-refractivity contribution in [3.63, 3.8) is 0 Å². The van der Waals surface area contributed by atoms with Gasteiger partial charge < -0.3 is 4.74 Å². The fourth-order valence-electron chi connectivity index (χ4n) is 0.629. The van der Waals surface area contributed by atoms with Crippen LogP contribution in [0.4, 0.5) is 0 Å². The molecule has 0 aromatic heterocycles. The van der Waals surface area contributed by atoms with Crippen LogP contribution in [0.1, 0.15) is 20.3 Å². The van der Waals surface area contributed by atoms with Crippen molar-refractivity contribution in [3.8, 4) is 0 Å². The lowest BCUT2D eigenvalue weighted by Crippen LogP contribution is -2.18. The lowest BCUT2D eigenvalue weighted by molar-refractivity contribution is -0.138. The Kier molecular flexibility index (Phi) is 6.19. The van der Waals surface area contributed by atoms with E-state index in [1.165, 1.54) is 6.92 Å².